The fraction of sp³-hybridized carbons (Fsp3) is 0.462. The van der Waals surface area contributed by atoms with Crippen LogP contribution < -0.4 is 0 Å². The van der Waals surface area contributed by atoms with Gasteiger partial charge in [0.25, 0.3) is 0 Å². The van der Waals surface area contributed by atoms with Crippen molar-refractivity contribution in [1.29, 1.82) is 0 Å². The van der Waals surface area contributed by atoms with Crippen LogP contribution in [0.5, 0.6) is 0 Å². The smallest absolute Gasteiger partial charge is 0.192 e. The van der Waals surface area contributed by atoms with Gasteiger partial charge in [0.2, 0.25) is 0 Å². The molecule has 0 amide bonds. The maximum Gasteiger partial charge on any atom is 0.192 e. The van der Waals surface area contributed by atoms with E-state index < -0.39 is 26.6 Å². The van der Waals surface area contributed by atoms with Crippen LogP contribution >= 0.6 is 0 Å². The van der Waals surface area contributed by atoms with Crippen LogP contribution in [0.2, 0.25) is 18.1 Å². The van der Waals surface area contributed by atoms with Gasteiger partial charge in [0.05, 0.1) is 19.8 Å². The van der Waals surface area contributed by atoms with Crippen LogP contribution in [0.3, 0.4) is 0 Å². The molecule has 31 heavy (non-hydrogen) atoms. The molecule has 0 aliphatic rings. The Hall–Kier alpha value is -1.76. The Bertz CT molecular complexity index is 771. The first-order valence-corrected chi connectivity index (χ1v) is 13.8. The van der Waals surface area contributed by atoms with E-state index in [2.05, 4.69) is 40.4 Å². The normalized spacial score (nSPS) is 15.3. The molecule has 0 heterocycles. The molecule has 0 spiro atoms. The molecule has 0 saturated heterocycles. The summed E-state index contributed by atoms with van der Waals surface area (Å²) in [7, 11) is -2.00. The molecule has 170 valence electrons. The first kappa shape index (κ1) is 25.5. The zero-order valence-electron chi connectivity index (χ0n) is 19.6. The Balaban J connectivity index is 2.18. The SMILES string of the molecule is C=C[C@@H](O)[C@H](OCc1ccccc1)[C@H](CO[Si](C)(C)C(C)(C)C)OCc1ccccc1. The van der Waals surface area contributed by atoms with E-state index in [0.29, 0.717) is 19.8 Å². The van der Waals surface area contributed by atoms with Gasteiger partial charge in [0, 0.05) is 0 Å². The second-order valence-electron chi connectivity index (χ2n) is 9.39. The van der Waals surface area contributed by atoms with Crippen molar-refractivity contribution in [2.75, 3.05) is 6.61 Å². The summed E-state index contributed by atoms with van der Waals surface area (Å²) in [5.41, 5.74) is 2.10. The fourth-order valence-corrected chi connectivity index (χ4v) is 3.86. The Morgan fingerprint density at radius 2 is 1.39 bits per heavy atom. The number of rotatable bonds is 12. The molecule has 3 atom stereocenters. The second-order valence-corrected chi connectivity index (χ2v) is 14.2. The molecule has 4 nitrogen and oxygen atoms in total. The van der Waals surface area contributed by atoms with Gasteiger partial charge >= 0.3 is 0 Å². The first-order chi connectivity index (χ1) is 14.6. The number of aliphatic hydroxyl groups is 1. The third-order valence-corrected chi connectivity index (χ3v) is 10.5. The Kier molecular flexibility index (Phi) is 9.66. The number of benzene rings is 2. The van der Waals surface area contributed by atoms with E-state index in [9.17, 15) is 5.11 Å². The number of hydrogen-bond donors (Lipinski definition) is 1. The third-order valence-electron chi connectivity index (χ3n) is 5.95. The zero-order chi connectivity index (χ0) is 22.9. The molecule has 0 aromatic heterocycles. The minimum atomic E-state index is -2.00. The summed E-state index contributed by atoms with van der Waals surface area (Å²) in [6.07, 6.45) is -0.398. The Labute approximate surface area is 189 Å². The fourth-order valence-electron chi connectivity index (χ4n) is 2.85. The van der Waals surface area contributed by atoms with Gasteiger partial charge in [-0.15, -0.1) is 6.58 Å². The van der Waals surface area contributed by atoms with Gasteiger partial charge in [-0.25, -0.2) is 0 Å². The lowest BCUT2D eigenvalue weighted by Crippen LogP contribution is -2.48. The maximum absolute atomic E-state index is 10.7. The molecule has 2 aromatic rings. The minimum absolute atomic E-state index is 0.0778. The summed E-state index contributed by atoms with van der Waals surface area (Å²) in [5, 5.41) is 10.8. The van der Waals surface area contributed by atoms with Gasteiger partial charge in [-0.1, -0.05) is 87.5 Å². The van der Waals surface area contributed by atoms with Crippen molar-refractivity contribution >= 4 is 8.32 Å². The van der Waals surface area contributed by atoms with E-state index in [1.54, 1.807) is 0 Å². The molecule has 2 aromatic carbocycles. The van der Waals surface area contributed by atoms with E-state index in [0.717, 1.165) is 11.1 Å². The lowest BCUT2D eigenvalue weighted by molar-refractivity contribution is -0.133. The summed E-state index contributed by atoms with van der Waals surface area (Å²) >= 11 is 0. The van der Waals surface area contributed by atoms with E-state index in [-0.39, 0.29) is 5.04 Å². The molecule has 1 N–H and O–H groups in total. The van der Waals surface area contributed by atoms with Crippen LogP contribution in [-0.4, -0.2) is 38.3 Å². The lowest BCUT2D eigenvalue weighted by Gasteiger charge is -2.38. The average Bonchev–Trinajstić information content (AvgIpc) is 2.75. The highest BCUT2D eigenvalue weighted by Crippen LogP contribution is 2.37. The first-order valence-electron chi connectivity index (χ1n) is 10.9. The van der Waals surface area contributed by atoms with E-state index in [1.165, 1.54) is 6.08 Å². The molecular weight excluding hydrogens is 404 g/mol. The van der Waals surface area contributed by atoms with Gasteiger partial charge in [0.1, 0.15) is 18.3 Å². The van der Waals surface area contributed by atoms with Crippen LogP contribution in [0.4, 0.5) is 0 Å². The Morgan fingerprint density at radius 3 is 1.84 bits per heavy atom. The van der Waals surface area contributed by atoms with Crippen LogP contribution in [0.1, 0.15) is 31.9 Å². The van der Waals surface area contributed by atoms with Gasteiger partial charge in [-0.3, -0.25) is 0 Å². The lowest BCUT2D eigenvalue weighted by atomic mass is 10.1. The van der Waals surface area contributed by atoms with Crippen LogP contribution in [0.25, 0.3) is 0 Å². The monoisotopic (exact) mass is 442 g/mol. The molecule has 0 aliphatic heterocycles. The number of aliphatic hydroxyl groups excluding tert-OH is 1. The Morgan fingerprint density at radius 1 is 0.903 bits per heavy atom. The van der Waals surface area contributed by atoms with Gasteiger partial charge < -0.3 is 19.0 Å². The van der Waals surface area contributed by atoms with Gasteiger partial charge in [0.15, 0.2) is 8.32 Å². The summed E-state index contributed by atoms with van der Waals surface area (Å²) in [5.74, 6) is 0. The standard InChI is InChI=1S/C26H38O4Si/c1-7-23(27)25(29-19-22-16-12-9-13-17-22)24(20-30-31(5,6)26(2,3)4)28-18-21-14-10-8-11-15-21/h7-17,23-25,27H,1,18-20H2,2-6H3/t23-,24+,25+/m1/s1. The van der Waals surface area contributed by atoms with E-state index in [4.69, 9.17) is 13.9 Å². The predicted octanol–water partition coefficient (Wildman–Crippen LogP) is 5.73. The highest BCUT2D eigenvalue weighted by Gasteiger charge is 2.39. The molecule has 2 rings (SSSR count). The molecule has 0 bridgehead atoms. The molecular formula is C26H38O4Si. The summed E-state index contributed by atoms with van der Waals surface area (Å²) in [6, 6.07) is 19.9. The maximum atomic E-state index is 10.7. The summed E-state index contributed by atoms with van der Waals surface area (Å²) < 4.78 is 18.9. The van der Waals surface area contributed by atoms with Crippen molar-refractivity contribution in [2.24, 2.45) is 0 Å². The van der Waals surface area contributed by atoms with Crippen molar-refractivity contribution in [3.8, 4) is 0 Å². The number of hydrogen-bond acceptors (Lipinski definition) is 4. The van der Waals surface area contributed by atoms with Crippen molar-refractivity contribution in [2.45, 2.75) is 70.4 Å². The minimum Gasteiger partial charge on any atom is -0.414 e. The summed E-state index contributed by atoms with van der Waals surface area (Å²) in [6.45, 7) is 16.0. The van der Waals surface area contributed by atoms with E-state index >= 15 is 0 Å². The van der Waals surface area contributed by atoms with Crippen molar-refractivity contribution < 1.29 is 19.0 Å². The zero-order valence-corrected chi connectivity index (χ0v) is 20.6. The van der Waals surface area contributed by atoms with Crippen molar-refractivity contribution in [3.05, 3.63) is 84.4 Å². The van der Waals surface area contributed by atoms with Crippen LogP contribution in [-0.2, 0) is 27.1 Å². The highest BCUT2D eigenvalue weighted by molar-refractivity contribution is 6.74. The van der Waals surface area contributed by atoms with Crippen LogP contribution in [0, 0.1) is 0 Å². The second kappa shape index (κ2) is 11.7. The van der Waals surface area contributed by atoms with Crippen molar-refractivity contribution in [1.82, 2.24) is 0 Å². The average molecular weight is 443 g/mol. The van der Waals surface area contributed by atoms with Gasteiger partial charge in [-0.2, -0.15) is 0 Å². The molecule has 0 radical (unpaired) electrons. The van der Waals surface area contributed by atoms with Gasteiger partial charge in [-0.05, 0) is 29.3 Å². The molecule has 0 aliphatic carbocycles. The quantitative estimate of drug-likeness (QED) is 0.337. The highest BCUT2D eigenvalue weighted by atomic mass is 28.4. The van der Waals surface area contributed by atoms with E-state index in [1.807, 2.05) is 60.7 Å². The molecule has 0 fully saturated rings. The van der Waals surface area contributed by atoms with Crippen LogP contribution in [0.15, 0.2) is 73.3 Å². The topological polar surface area (TPSA) is 47.9 Å². The molecule has 0 saturated carbocycles. The predicted molar refractivity (Wildman–Crippen MR) is 129 cm³/mol. The largest absolute Gasteiger partial charge is 0.414 e. The number of ether oxygens (including phenoxy) is 2. The van der Waals surface area contributed by atoms with Crippen molar-refractivity contribution in [3.63, 3.8) is 0 Å². The third kappa shape index (κ3) is 8.02. The summed E-state index contributed by atoms with van der Waals surface area (Å²) in [4.78, 5) is 0. The molecule has 5 heteroatoms. The molecule has 0 unspecified atom stereocenters.